The summed E-state index contributed by atoms with van der Waals surface area (Å²) in [5, 5.41) is 2.26. The molecule has 0 radical (unpaired) electrons. The highest BCUT2D eigenvalue weighted by atomic mass is 35.5. The Balaban J connectivity index is 2.57. The molecular weight excluding hydrogens is 423 g/mol. The summed E-state index contributed by atoms with van der Waals surface area (Å²) in [6.45, 7) is -0.0668. The lowest BCUT2D eigenvalue weighted by atomic mass is 10.1. The molecule has 0 spiro atoms. The standard InChI is InChI=1S/C15H11Cl3F4N2O2/c1-24-13(15(20,21)22)12(17)11(14(24)18)7-5-10(8(16)6-9(7)19)26-4-3-23-25-2/h3,5-6H,4H2,1-2H3. The number of nitrogens with zero attached hydrogens (tertiary/aromatic N) is 2. The molecule has 2 rings (SSSR count). The van der Waals surface area contributed by atoms with E-state index in [-0.39, 0.29) is 33.7 Å². The third-order valence-corrected chi connectivity index (χ3v) is 4.42. The smallest absolute Gasteiger partial charge is 0.432 e. The number of hydrogen-bond acceptors (Lipinski definition) is 3. The molecule has 0 amide bonds. The first kappa shape index (κ1) is 20.7. The van der Waals surface area contributed by atoms with Gasteiger partial charge in [-0.25, -0.2) is 4.39 Å². The van der Waals surface area contributed by atoms with E-state index in [1.807, 2.05) is 0 Å². The van der Waals surface area contributed by atoms with Gasteiger partial charge >= 0.3 is 6.18 Å². The lowest BCUT2D eigenvalue weighted by molar-refractivity contribution is -0.142. The van der Waals surface area contributed by atoms with Crippen molar-refractivity contribution in [1.29, 1.82) is 0 Å². The van der Waals surface area contributed by atoms with Crippen molar-refractivity contribution in [3.63, 3.8) is 0 Å². The van der Waals surface area contributed by atoms with Crippen molar-refractivity contribution in [2.45, 2.75) is 6.18 Å². The van der Waals surface area contributed by atoms with E-state index in [4.69, 9.17) is 39.5 Å². The van der Waals surface area contributed by atoms with E-state index in [1.165, 1.54) is 13.3 Å². The number of oxime groups is 1. The molecule has 0 N–H and O–H groups in total. The van der Waals surface area contributed by atoms with Gasteiger partial charge in [-0.2, -0.15) is 13.2 Å². The number of ether oxygens (including phenoxy) is 1. The van der Waals surface area contributed by atoms with Gasteiger partial charge in [0, 0.05) is 18.2 Å². The van der Waals surface area contributed by atoms with Crippen molar-refractivity contribution in [2.75, 3.05) is 13.7 Å². The molecule has 1 aromatic carbocycles. The zero-order chi connectivity index (χ0) is 19.6. The minimum absolute atomic E-state index is 0.00941. The predicted molar refractivity (Wildman–Crippen MR) is 91.8 cm³/mol. The molecule has 0 aliphatic heterocycles. The van der Waals surface area contributed by atoms with Gasteiger partial charge in [-0.3, -0.25) is 0 Å². The maximum atomic E-state index is 14.4. The molecule has 1 heterocycles. The first-order chi connectivity index (χ1) is 12.1. The summed E-state index contributed by atoms with van der Waals surface area (Å²) in [7, 11) is 2.41. The molecule has 2 aromatic rings. The zero-order valence-corrected chi connectivity index (χ0v) is 15.6. The molecule has 0 atom stereocenters. The molecule has 0 saturated heterocycles. The Labute approximate surface area is 160 Å². The predicted octanol–water partition coefficient (Wildman–Crippen LogP) is 5.82. The summed E-state index contributed by atoms with van der Waals surface area (Å²) in [6, 6.07) is 2.01. The van der Waals surface area contributed by atoms with E-state index in [2.05, 4.69) is 9.99 Å². The van der Waals surface area contributed by atoms with Crippen LogP contribution in [-0.4, -0.2) is 24.5 Å². The molecule has 142 valence electrons. The van der Waals surface area contributed by atoms with E-state index < -0.39 is 22.7 Å². The van der Waals surface area contributed by atoms with Crippen LogP contribution in [0.5, 0.6) is 5.75 Å². The molecule has 1 aromatic heterocycles. The molecule has 4 nitrogen and oxygen atoms in total. The molecule has 0 aliphatic carbocycles. The van der Waals surface area contributed by atoms with Gasteiger partial charge < -0.3 is 14.1 Å². The van der Waals surface area contributed by atoms with Crippen LogP contribution in [0.1, 0.15) is 5.69 Å². The summed E-state index contributed by atoms with van der Waals surface area (Å²) in [4.78, 5) is 4.45. The third-order valence-electron chi connectivity index (χ3n) is 3.32. The van der Waals surface area contributed by atoms with E-state index in [0.717, 1.165) is 19.2 Å². The van der Waals surface area contributed by atoms with Crippen LogP contribution in [-0.2, 0) is 18.1 Å². The maximum Gasteiger partial charge on any atom is 0.432 e. The zero-order valence-electron chi connectivity index (χ0n) is 13.3. The van der Waals surface area contributed by atoms with E-state index in [9.17, 15) is 17.6 Å². The highest BCUT2D eigenvalue weighted by molar-refractivity contribution is 6.40. The average Bonchev–Trinajstić information content (AvgIpc) is 2.75. The summed E-state index contributed by atoms with van der Waals surface area (Å²) in [5.74, 6) is -0.897. The molecule has 0 fully saturated rings. The Bertz CT molecular complexity index is 851. The quantitative estimate of drug-likeness (QED) is 0.338. The summed E-state index contributed by atoms with van der Waals surface area (Å²) in [6.07, 6.45) is -3.50. The maximum absolute atomic E-state index is 14.4. The Morgan fingerprint density at radius 3 is 2.42 bits per heavy atom. The largest absolute Gasteiger partial charge is 0.486 e. The first-order valence-corrected chi connectivity index (χ1v) is 8.01. The monoisotopic (exact) mass is 432 g/mol. The molecule has 0 saturated carbocycles. The number of aromatic nitrogens is 1. The van der Waals surface area contributed by atoms with Crippen LogP contribution in [0.15, 0.2) is 17.3 Å². The van der Waals surface area contributed by atoms with Crippen LogP contribution < -0.4 is 4.74 Å². The molecule has 11 heteroatoms. The molecule has 0 unspecified atom stereocenters. The van der Waals surface area contributed by atoms with Crippen molar-refractivity contribution in [3.8, 4) is 16.9 Å². The minimum atomic E-state index is -4.77. The SMILES string of the molecule is CON=CCOc1cc(-c2c(Cl)c(C(F)(F)F)n(C)c2Cl)c(F)cc1Cl. The fourth-order valence-corrected chi connectivity index (χ4v) is 3.19. The second kappa shape index (κ2) is 7.94. The minimum Gasteiger partial charge on any atom is -0.486 e. The fraction of sp³-hybridized carbons (Fsp3) is 0.267. The van der Waals surface area contributed by atoms with Crippen molar-refractivity contribution < 1.29 is 27.1 Å². The van der Waals surface area contributed by atoms with E-state index in [1.54, 1.807) is 0 Å². The Morgan fingerprint density at radius 2 is 1.88 bits per heavy atom. The number of halogens is 7. The van der Waals surface area contributed by atoms with Gasteiger partial charge in [0.25, 0.3) is 0 Å². The first-order valence-electron chi connectivity index (χ1n) is 6.87. The average molecular weight is 434 g/mol. The highest BCUT2D eigenvalue weighted by Crippen LogP contribution is 2.47. The molecule has 0 aliphatic rings. The normalized spacial score (nSPS) is 12.0. The second-order valence-corrected chi connectivity index (χ2v) is 6.07. The van der Waals surface area contributed by atoms with Crippen LogP contribution in [0.25, 0.3) is 11.1 Å². The number of hydrogen-bond donors (Lipinski definition) is 0. The lowest BCUT2D eigenvalue weighted by Gasteiger charge is -2.10. The van der Waals surface area contributed by atoms with Crippen LogP contribution in [0, 0.1) is 5.82 Å². The van der Waals surface area contributed by atoms with Crippen molar-refractivity contribution in [2.24, 2.45) is 12.2 Å². The van der Waals surface area contributed by atoms with Gasteiger partial charge in [-0.1, -0.05) is 40.0 Å². The Hall–Kier alpha value is -1.64. The Kier molecular flexibility index (Phi) is 6.31. The summed E-state index contributed by atoms with van der Waals surface area (Å²) in [5.41, 5.74) is -1.79. The lowest BCUT2D eigenvalue weighted by Crippen LogP contribution is -2.11. The second-order valence-electron chi connectivity index (χ2n) is 4.93. The third kappa shape index (κ3) is 4.02. The summed E-state index contributed by atoms with van der Waals surface area (Å²) < 4.78 is 59.8. The van der Waals surface area contributed by atoms with Gasteiger partial charge in [0.15, 0.2) is 0 Å². The van der Waals surface area contributed by atoms with Gasteiger partial charge in [-0.05, 0) is 12.1 Å². The summed E-state index contributed by atoms with van der Waals surface area (Å²) >= 11 is 17.7. The van der Waals surface area contributed by atoms with Crippen molar-refractivity contribution in [1.82, 2.24) is 4.57 Å². The van der Waals surface area contributed by atoms with Gasteiger partial charge in [0.2, 0.25) is 0 Å². The number of alkyl halides is 3. The highest BCUT2D eigenvalue weighted by Gasteiger charge is 2.40. The van der Waals surface area contributed by atoms with Crippen LogP contribution in [0.3, 0.4) is 0 Å². The van der Waals surface area contributed by atoms with Gasteiger partial charge in [0.1, 0.15) is 36.1 Å². The van der Waals surface area contributed by atoms with Gasteiger partial charge in [0.05, 0.1) is 16.3 Å². The van der Waals surface area contributed by atoms with E-state index in [0.29, 0.717) is 4.57 Å². The fourth-order valence-electron chi connectivity index (χ4n) is 2.23. The number of rotatable bonds is 5. The topological polar surface area (TPSA) is 35.8 Å². The van der Waals surface area contributed by atoms with E-state index >= 15 is 0 Å². The van der Waals surface area contributed by atoms with Gasteiger partial charge in [-0.15, -0.1) is 0 Å². The molecule has 26 heavy (non-hydrogen) atoms. The van der Waals surface area contributed by atoms with Crippen LogP contribution in [0.2, 0.25) is 15.2 Å². The van der Waals surface area contributed by atoms with Crippen LogP contribution in [0.4, 0.5) is 17.6 Å². The Morgan fingerprint density at radius 1 is 1.23 bits per heavy atom. The number of benzene rings is 1. The molecular formula is C15H11Cl3F4N2O2. The van der Waals surface area contributed by atoms with Crippen molar-refractivity contribution >= 4 is 41.0 Å². The van der Waals surface area contributed by atoms with Crippen LogP contribution >= 0.6 is 34.8 Å². The molecule has 0 bridgehead atoms. The van der Waals surface area contributed by atoms with Crippen molar-refractivity contribution in [3.05, 3.63) is 38.8 Å².